The molecule has 4 N–H and O–H groups in total. The SMILES string of the molecule is C1CCOC1.CN1CCC(O)CC1.CN1CCC(Oc2ccccc2C#N)CC1.CN1CCC(Oc2ccccc2CN)CC1.CO.N#Cc1ccccc1F.[B]B([B])B(B([B])[B])B([B])[B].[B]B([B])B([B])B([B])[B].[B][B]B(B([B])[B])B([B])[B].[H-].[Na+]. The smallest absolute Gasteiger partial charge is 1.00 e. The molecule has 3 aromatic carbocycles. The fourth-order valence-corrected chi connectivity index (χ4v) is 7.61. The van der Waals surface area contributed by atoms with Crippen LogP contribution in [0.4, 0.5) is 4.39 Å². The van der Waals surface area contributed by atoms with Crippen LogP contribution in [0.2, 0.25) is 0 Å². The van der Waals surface area contributed by atoms with Crippen molar-refractivity contribution in [1.29, 1.82) is 10.5 Å². The van der Waals surface area contributed by atoms with E-state index in [-0.39, 0.29) is 55.1 Å². The standard InChI is InChI=1S/C13H20N2O.C13H16N2O.C7H4FN.C6H13NO.C4H8O.CH4O.B10.B9.B8.Na.H/c2*1-15-8-6-12(7-9-15)16-13-5-3-2-4-11(13)10-14;8-7-4-2-1-3-6(7)5-9;1-7-4-2-6(8)3-5-7;1-2-4-5-3-1;1-2;1-7(2)10(8(3)4)9(5)6;1-6-9(7(2)3)8(4)5;1-6(2)8(5)7(3)4;;/h2-5,12H,6-10,14H2,1H3;2-5,12H,6-9H2,1H3;1-4H;6,8H,2-5H2,1H3;1-4H2;2H,1H3;;;;;/q;;;;;;;;;+1;-1. The number of rotatable bonds is 13. The first-order valence-corrected chi connectivity index (χ1v) is 27.7. The molecule has 0 aliphatic carbocycles. The first-order chi connectivity index (χ1) is 39.3. The van der Waals surface area contributed by atoms with Gasteiger partial charge in [-0.15, -0.1) is 0 Å². The fraction of sp³-hybridized carbons (Fsp3) is 0.545. The number of benzene rings is 3. The summed E-state index contributed by atoms with van der Waals surface area (Å²) in [6, 6.07) is 25.2. The fourth-order valence-electron chi connectivity index (χ4n) is 7.61. The number of nitrogens with zero attached hydrogens (tertiary/aromatic N) is 5. The number of hydrogen-bond donors (Lipinski definition) is 3. The molecule has 3 aromatic rings. The first kappa shape index (κ1) is 86.8. The summed E-state index contributed by atoms with van der Waals surface area (Å²) in [6.45, 7) is 9.04. The van der Waals surface area contributed by atoms with Crippen molar-refractivity contribution in [3.8, 4) is 23.6 Å². The Bertz CT molecular complexity index is 2090. The molecular formula is C44H66B27FN6NaO5. The van der Waals surface area contributed by atoms with E-state index < -0.39 is 63.3 Å². The van der Waals surface area contributed by atoms with Crippen LogP contribution >= 0.6 is 0 Å². The van der Waals surface area contributed by atoms with Crippen molar-refractivity contribution >= 4 is 195 Å². The molecule has 7 rings (SSSR count). The van der Waals surface area contributed by atoms with E-state index >= 15 is 0 Å². The molecule has 0 atom stereocenters. The number of ether oxygens (including phenoxy) is 3. The summed E-state index contributed by atoms with van der Waals surface area (Å²) in [5.41, 5.74) is 7.51. The van der Waals surface area contributed by atoms with Crippen molar-refractivity contribution in [3.63, 3.8) is 0 Å². The molecule has 11 nitrogen and oxygen atoms in total. The van der Waals surface area contributed by atoms with E-state index in [9.17, 15) is 4.39 Å². The number of hydrogen-bond acceptors (Lipinski definition) is 11. The summed E-state index contributed by atoms with van der Waals surface area (Å²) in [5, 5.41) is 33.2. The maximum atomic E-state index is 12.4. The second kappa shape index (κ2) is 53.5. The summed E-state index contributed by atoms with van der Waals surface area (Å²) in [6.07, 6.45) is 3.65. The Labute approximate surface area is 557 Å². The van der Waals surface area contributed by atoms with Gasteiger partial charge < -0.3 is 46.3 Å². The predicted molar refractivity (Wildman–Crippen MR) is 376 cm³/mol. The van der Waals surface area contributed by atoms with E-state index in [1.165, 1.54) is 32.0 Å². The molecular weight excluding hydrogens is 1030 g/mol. The van der Waals surface area contributed by atoms with Crippen molar-refractivity contribution in [2.24, 2.45) is 5.73 Å². The van der Waals surface area contributed by atoms with E-state index in [0.717, 1.165) is 115 Å². The monoisotopic (exact) mass is 1100 g/mol. The molecule has 0 bridgehead atoms. The van der Waals surface area contributed by atoms with Gasteiger partial charge in [-0.05, 0) is 103 Å². The largest absolute Gasteiger partial charge is 1.00 e. The van der Waals surface area contributed by atoms with Crippen LogP contribution in [-0.4, -0.2) is 319 Å². The van der Waals surface area contributed by atoms with Crippen molar-refractivity contribution in [1.82, 2.24) is 14.7 Å². The zero-order valence-corrected chi connectivity index (χ0v) is 52.6. The molecule has 33 radical (unpaired) electrons. The van der Waals surface area contributed by atoms with Gasteiger partial charge in [0.1, 0.15) is 41.7 Å². The summed E-state index contributed by atoms with van der Waals surface area (Å²) in [7, 11) is 92.4. The Morgan fingerprint density at radius 1 is 0.583 bits per heavy atom. The summed E-state index contributed by atoms with van der Waals surface area (Å²) in [5.74, 6) is 1.22. The van der Waals surface area contributed by atoms with Crippen LogP contribution in [0.1, 0.15) is 69.5 Å². The van der Waals surface area contributed by atoms with Crippen LogP contribution in [0, 0.1) is 28.5 Å². The van der Waals surface area contributed by atoms with Gasteiger partial charge in [0.15, 0.2) is 0 Å². The summed E-state index contributed by atoms with van der Waals surface area (Å²) in [4.78, 5) is 6.89. The molecule has 40 heteroatoms. The van der Waals surface area contributed by atoms with Crippen molar-refractivity contribution in [3.05, 3.63) is 95.3 Å². The topological polar surface area (TPSA) is 151 Å². The Morgan fingerprint density at radius 2 is 0.940 bits per heavy atom. The number of halogens is 1. The van der Waals surface area contributed by atoms with Gasteiger partial charge in [-0.25, -0.2) is 4.39 Å². The predicted octanol–water partition coefficient (Wildman–Crippen LogP) is -7.34. The van der Waals surface area contributed by atoms with Crippen LogP contribution in [0.15, 0.2) is 72.8 Å². The summed E-state index contributed by atoms with van der Waals surface area (Å²) < 4.78 is 29.2. The normalized spacial score (nSPS) is 14.5. The number of nitriles is 2. The average molecular weight is 1090 g/mol. The number of likely N-dealkylation sites (tertiary alicyclic amines) is 3. The molecule has 0 saturated carbocycles. The molecule has 0 amide bonds. The van der Waals surface area contributed by atoms with Gasteiger partial charge in [-0.1, -0.05) is 42.5 Å². The molecule has 4 saturated heterocycles. The minimum absolute atomic E-state index is 0. The molecule has 391 valence electrons. The van der Waals surface area contributed by atoms with E-state index in [4.69, 9.17) is 164 Å². The third-order valence-corrected chi connectivity index (χ3v) is 13.0. The first-order valence-electron chi connectivity index (χ1n) is 27.7. The molecule has 4 aliphatic heterocycles. The number of nitrogens with two attached hydrogens (primary N) is 1. The van der Waals surface area contributed by atoms with Gasteiger partial charge in [0.2, 0.25) is 0 Å². The quantitative estimate of drug-likeness (QED) is 0.140. The number of aliphatic hydroxyl groups is 2. The maximum absolute atomic E-state index is 12.4. The second-order valence-corrected chi connectivity index (χ2v) is 20.1. The van der Waals surface area contributed by atoms with Gasteiger partial charge in [-0.2, -0.15) is 10.5 Å². The zero-order valence-electron chi connectivity index (χ0n) is 51.6. The van der Waals surface area contributed by atoms with Crippen molar-refractivity contribution in [2.45, 2.75) is 76.2 Å². The van der Waals surface area contributed by atoms with Gasteiger partial charge in [0, 0.05) is 266 Å². The van der Waals surface area contributed by atoms with E-state index in [1.807, 2.05) is 42.5 Å². The van der Waals surface area contributed by atoms with Crippen LogP contribution in [0.5, 0.6) is 11.5 Å². The second-order valence-electron chi connectivity index (χ2n) is 20.1. The van der Waals surface area contributed by atoms with Crippen LogP contribution < -0.4 is 44.8 Å². The van der Waals surface area contributed by atoms with Gasteiger partial charge in [-0.3, -0.25) is 0 Å². The van der Waals surface area contributed by atoms with Crippen LogP contribution in [-0.2, 0) is 11.3 Å². The Hall–Kier alpha value is -1.36. The number of aliphatic hydroxyl groups excluding tert-OH is 2. The van der Waals surface area contributed by atoms with Gasteiger partial charge in [0.25, 0.3) is 0 Å². The minimum atomic E-state index is -0.667. The number of piperidine rings is 3. The Kier molecular flexibility index (Phi) is 55.3. The zero-order chi connectivity index (χ0) is 63.5. The van der Waals surface area contributed by atoms with E-state index in [0.29, 0.717) is 18.2 Å². The minimum Gasteiger partial charge on any atom is -1.00 e. The van der Waals surface area contributed by atoms with Crippen LogP contribution in [0.3, 0.4) is 0 Å². The van der Waals surface area contributed by atoms with E-state index in [1.54, 1.807) is 24.3 Å². The van der Waals surface area contributed by atoms with Crippen molar-refractivity contribution < 1.29 is 59.8 Å². The summed E-state index contributed by atoms with van der Waals surface area (Å²) >= 11 is 0. The van der Waals surface area contributed by atoms with Gasteiger partial charge >= 0.3 is 29.6 Å². The van der Waals surface area contributed by atoms with E-state index in [2.05, 4.69) is 41.9 Å². The maximum Gasteiger partial charge on any atom is 1.00 e. The number of para-hydroxylation sites is 2. The van der Waals surface area contributed by atoms with Crippen molar-refractivity contribution in [2.75, 3.05) is 80.7 Å². The molecule has 0 unspecified atom stereocenters. The average Bonchev–Trinajstić information content (AvgIpc) is 4.10. The molecule has 4 aliphatic rings. The van der Waals surface area contributed by atoms with Crippen LogP contribution in [0.25, 0.3) is 0 Å². The molecule has 0 spiro atoms. The Balaban J connectivity index is -0.000000448. The third kappa shape index (κ3) is 41.8. The molecule has 0 aromatic heterocycles. The molecule has 4 heterocycles. The molecule has 4 fully saturated rings. The Morgan fingerprint density at radius 3 is 1.21 bits per heavy atom. The molecule has 84 heavy (non-hydrogen) atoms. The van der Waals surface area contributed by atoms with Gasteiger partial charge in [0.05, 0.1) is 17.2 Å². The third-order valence-electron chi connectivity index (χ3n) is 13.0.